The van der Waals surface area contributed by atoms with Crippen molar-refractivity contribution in [2.45, 2.75) is 33.4 Å². The number of benzene rings is 2. The number of halogens is 3. The zero-order valence-corrected chi connectivity index (χ0v) is 23.9. The average Bonchev–Trinajstić information content (AvgIpc) is 2.75. The molecule has 0 aliphatic heterocycles. The van der Waals surface area contributed by atoms with E-state index in [0.717, 1.165) is 14.1 Å². The fraction of sp³-hybridized carbons (Fsp3) is 0.391. The molecule has 0 aliphatic rings. The lowest BCUT2D eigenvalue weighted by atomic mass is 10.1. The first-order valence-electron chi connectivity index (χ1n) is 10.5. The van der Waals surface area contributed by atoms with Gasteiger partial charge in [0, 0.05) is 32.3 Å². The predicted octanol–water partition coefficient (Wildman–Crippen LogP) is 4.55. The Bertz CT molecular complexity index is 1110. The largest absolute Gasteiger partial charge is 0.354 e. The van der Waals surface area contributed by atoms with Gasteiger partial charge in [0.05, 0.1) is 11.9 Å². The Morgan fingerprint density at radius 2 is 1.59 bits per heavy atom. The Hall–Kier alpha value is -1.56. The van der Waals surface area contributed by atoms with Crippen LogP contribution in [0.15, 0.2) is 42.5 Å². The van der Waals surface area contributed by atoms with Crippen molar-refractivity contribution < 1.29 is 18.0 Å². The first-order chi connectivity index (χ1) is 15.8. The molecule has 0 bridgehead atoms. The molecule has 0 spiro atoms. The fourth-order valence-corrected chi connectivity index (χ4v) is 4.84. The summed E-state index contributed by atoms with van der Waals surface area (Å²) in [5, 5.41) is 3.51. The van der Waals surface area contributed by atoms with Crippen LogP contribution in [0.1, 0.15) is 26.3 Å². The van der Waals surface area contributed by atoms with Gasteiger partial charge in [-0.15, -0.1) is 0 Å². The Labute approximate surface area is 225 Å². The van der Waals surface area contributed by atoms with Gasteiger partial charge in [-0.25, -0.2) is 8.42 Å². The van der Waals surface area contributed by atoms with E-state index in [-0.39, 0.29) is 18.4 Å². The van der Waals surface area contributed by atoms with Crippen molar-refractivity contribution in [2.75, 3.05) is 23.7 Å². The molecule has 1 N–H and O–H groups in total. The number of anilines is 1. The number of sulfonamides is 1. The number of nitrogens with one attached hydrogen (secondary N) is 1. The minimum absolute atomic E-state index is 0.0576. The zero-order chi connectivity index (χ0) is 25.6. The number of hydrogen-bond donors (Lipinski definition) is 1. The Kier molecular flexibility index (Phi) is 10.5. The average molecular weight is 640 g/mol. The summed E-state index contributed by atoms with van der Waals surface area (Å²) in [6.45, 7) is 5.41. The maximum atomic E-state index is 13.5. The van der Waals surface area contributed by atoms with Crippen LogP contribution >= 0.6 is 45.8 Å². The van der Waals surface area contributed by atoms with E-state index in [1.807, 2.05) is 13.8 Å². The summed E-state index contributed by atoms with van der Waals surface area (Å²) in [6.07, 6.45) is 1.03. The van der Waals surface area contributed by atoms with E-state index in [0.29, 0.717) is 27.8 Å². The second-order valence-corrected chi connectivity index (χ2v) is 12.2. The molecule has 1 unspecified atom stereocenters. The molecule has 2 aromatic carbocycles. The second kappa shape index (κ2) is 12.4. The highest BCUT2D eigenvalue weighted by Gasteiger charge is 2.31. The molecule has 1 atom stereocenters. The number of carbonyl (C=O) groups is 2. The first-order valence-corrected chi connectivity index (χ1v) is 14.2. The molecule has 0 radical (unpaired) electrons. The predicted molar refractivity (Wildman–Crippen MR) is 146 cm³/mol. The summed E-state index contributed by atoms with van der Waals surface area (Å²) in [6, 6.07) is 10.8. The fourth-order valence-electron chi connectivity index (χ4n) is 3.11. The van der Waals surface area contributed by atoms with Crippen molar-refractivity contribution >= 4 is 73.3 Å². The molecule has 2 rings (SSSR count). The molecule has 0 heterocycles. The smallest absolute Gasteiger partial charge is 0.244 e. The van der Waals surface area contributed by atoms with Gasteiger partial charge in [-0.3, -0.25) is 13.9 Å². The molecular formula is C23H28Cl2IN3O4S. The third-order valence-corrected chi connectivity index (χ3v) is 7.60. The number of nitrogens with zero attached hydrogens (tertiary/aromatic N) is 2. The van der Waals surface area contributed by atoms with Crippen LogP contribution in [0.3, 0.4) is 0 Å². The van der Waals surface area contributed by atoms with Gasteiger partial charge in [-0.05, 0) is 71.8 Å². The zero-order valence-electron chi connectivity index (χ0n) is 19.4. The highest BCUT2D eigenvalue weighted by atomic mass is 127. The normalized spacial score (nSPS) is 12.4. The monoisotopic (exact) mass is 639 g/mol. The van der Waals surface area contributed by atoms with Gasteiger partial charge in [-0.1, -0.05) is 43.1 Å². The molecule has 186 valence electrons. The Morgan fingerprint density at radius 3 is 2.09 bits per heavy atom. The molecular weight excluding hydrogens is 612 g/mol. The summed E-state index contributed by atoms with van der Waals surface area (Å²) < 4.78 is 27.1. The van der Waals surface area contributed by atoms with Crippen molar-refractivity contribution in [3.8, 4) is 0 Å². The van der Waals surface area contributed by atoms with E-state index in [2.05, 4.69) is 27.9 Å². The van der Waals surface area contributed by atoms with Crippen molar-refractivity contribution in [2.24, 2.45) is 5.92 Å². The molecule has 0 saturated carbocycles. The van der Waals surface area contributed by atoms with E-state index in [1.165, 1.54) is 4.90 Å². The molecule has 0 saturated heterocycles. The molecule has 0 aromatic heterocycles. The van der Waals surface area contributed by atoms with Crippen LogP contribution in [0.25, 0.3) is 0 Å². The van der Waals surface area contributed by atoms with E-state index in [1.54, 1.807) is 49.4 Å². The quantitative estimate of drug-likeness (QED) is 0.387. The summed E-state index contributed by atoms with van der Waals surface area (Å²) >= 11 is 14.8. The SMILES string of the molecule is CC(C)CNC(=O)C(C)N(Cc1c(Cl)cccc1Cl)C(=O)CN(c1ccc(I)cc1)S(C)(=O)=O. The van der Waals surface area contributed by atoms with E-state index >= 15 is 0 Å². The summed E-state index contributed by atoms with van der Waals surface area (Å²) in [5.74, 6) is -0.697. The van der Waals surface area contributed by atoms with Crippen LogP contribution in [0, 0.1) is 9.49 Å². The number of hydrogen-bond acceptors (Lipinski definition) is 4. The van der Waals surface area contributed by atoms with Gasteiger partial charge in [0.2, 0.25) is 21.8 Å². The second-order valence-electron chi connectivity index (χ2n) is 8.28. The van der Waals surface area contributed by atoms with Crippen molar-refractivity contribution in [1.82, 2.24) is 10.2 Å². The summed E-state index contributed by atoms with van der Waals surface area (Å²) in [7, 11) is -3.79. The van der Waals surface area contributed by atoms with E-state index < -0.39 is 28.5 Å². The van der Waals surface area contributed by atoms with Crippen LogP contribution in [0.5, 0.6) is 0 Å². The van der Waals surface area contributed by atoms with Crippen LogP contribution in [-0.4, -0.2) is 50.5 Å². The Balaban J connectivity index is 2.41. The molecule has 0 fully saturated rings. The molecule has 2 aromatic rings. The van der Waals surface area contributed by atoms with Crippen LogP contribution in [-0.2, 0) is 26.2 Å². The summed E-state index contributed by atoms with van der Waals surface area (Å²) in [4.78, 5) is 27.6. The highest BCUT2D eigenvalue weighted by molar-refractivity contribution is 14.1. The molecule has 7 nitrogen and oxygen atoms in total. The van der Waals surface area contributed by atoms with Gasteiger partial charge in [-0.2, -0.15) is 0 Å². The number of amides is 2. The van der Waals surface area contributed by atoms with Crippen LogP contribution < -0.4 is 9.62 Å². The third kappa shape index (κ3) is 8.00. The van der Waals surface area contributed by atoms with Gasteiger partial charge in [0.15, 0.2) is 0 Å². The third-order valence-electron chi connectivity index (χ3n) is 5.04. The maximum absolute atomic E-state index is 13.5. The van der Waals surface area contributed by atoms with Crippen molar-refractivity contribution in [3.05, 3.63) is 61.6 Å². The lowest BCUT2D eigenvalue weighted by Crippen LogP contribution is -2.51. The molecule has 2 amide bonds. The van der Waals surface area contributed by atoms with E-state index in [4.69, 9.17) is 23.2 Å². The van der Waals surface area contributed by atoms with Gasteiger partial charge >= 0.3 is 0 Å². The lowest BCUT2D eigenvalue weighted by molar-refractivity contribution is -0.139. The van der Waals surface area contributed by atoms with Crippen LogP contribution in [0.2, 0.25) is 10.0 Å². The standard InChI is InChI=1S/C23H28Cl2IN3O4S/c1-15(2)12-27-23(31)16(3)28(13-19-20(24)6-5-7-21(19)25)22(30)14-29(34(4,32)33)18-10-8-17(26)9-11-18/h5-11,15-16H,12-14H2,1-4H3,(H,27,31). The molecule has 34 heavy (non-hydrogen) atoms. The maximum Gasteiger partial charge on any atom is 0.244 e. The molecule has 0 aliphatic carbocycles. The summed E-state index contributed by atoms with van der Waals surface area (Å²) in [5.41, 5.74) is 0.826. The lowest BCUT2D eigenvalue weighted by Gasteiger charge is -2.32. The van der Waals surface area contributed by atoms with Crippen molar-refractivity contribution in [1.29, 1.82) is 0 Å². The van der Waals surface area contributed by atoms with E-state index in [9.17, 15) is 18.0 Å². The van der Waals surface area contributed by atoms with Crippen LogP contribution in [0.4, 0.5) is 5.69 Å². The van der Waals surface area contributed by atoms with Gasteiger partial charge in [0.25, 0.3) is 0 Å². The first kappa shape index (κ1) is 28.7. The number of rotatable bonds is 10. The molecule has 11 heteroatoms. The van der Waals surface area contributed by atoms with Gasteiger partial charge < -0.3 is 10.2 Å². The minimum Gasteiger partial charge on any atom is -0.354 e. The Morgan fingerprint density at radius 1 is 1.03 bits per heavy atom. The number of carbonyl (C=O) groups excluding carboxylic acids is 2. The minimum atomic E-state index is -3.79. The van der Waals surface area contributed by atoms with Crippen molar-refractivity contribution in [3.63, 3.8) is 0 Å². The van der Waals surface area contributed by atoms with Gasteiger partial charge in [0.1, 0.15) is 12.6 Å². The topological polar surface area (TPSA) is 86.8 Å². The highest BCUT2D eigenvalue weighted by Crippen LogP contribution is 2.27.